The molecule has 0 bridgehead atoms. The monoisotopic (exact) mass is 1090 g/mol. The highest BCUT2D eigenvalue weighted by Gasteiger charge is 2.36. The third-order valence-corrected chi connectivity index (χ3v) is 12.3. The summed E-state index contributed by atoms with van der Waals surface area (Å²) in [4.78, 5) is 136. The van der Waals surface area contributed by atoms with E-state index in [4.69, 9.17) is 5.73 Å². The molecule has 0 aromatic carbocycles. The van der Waals surface area contributed by atoms with Crippen LogP contribution in [0.1, 0.15) is 188 Å². The molecule has 0 aliphatic heterocycles. The number of nitrogens with two attached hydrogens (primary N) is 1. The molecule has 12 N–H and O–H groups in total. The van der Waals surface area contributed by atoms with Crippen LogP contribution in [0.5, 0.6) is 0 Å². The summed E-state index contributed by atoms with van der Waals surface area (Å²) in [6.45, 7) is 31.6. The Morgan fingerprint density at radius 3 is 0.610 bits per heavy atom. The van der Waals surface area contributed by atoms with Crippen LogP contribution >= 0.6 is 0 Å². The molecule has 0 saturated carbocycles. The quantitative estimate of drug-likeness (QED) is 0.0392. The highest BCUT2D eigenvalue weighted by atomic mass is 16.4. The number of nitrogens with one attached hydrogen (secondary N) is 9. The van der Waals surface area contributed by atoms with Gasteiger partial charge >= 0.3 is 5.97 Å². The second kappa shape index (κ2) is 36.7. The largest absolute Gasteiger partial charge is 0.480 e. The van der Waals surface area contributed by atoms with Gasteiger partial charge in [-0.2, -0.15) is 0 Å². The molecular formula is C56H104N10O11. The molecule has 0 heterocycles. The molecule has 0 radical (unpaired) electrons. The van der Waals surface area contributed by atoms with Gasteiger partial charge in [-0.3, -0.25) is 43.2 Å². The van der Waals surface area contributed by atoms with Crippen molar-refractivity contribution >= 4 is 59.1 Å². The molecule has 0 fully saturated rings. The molecule has 21 heteroatoms. The summed E-state index contributed by atoms with van der Waals surface area (Å²) in [6, 6.07) is -10.0. The van der Waals surface area contributed by atoms with E-state index < -0.39 is 114 Å². The van der Waals surface area contributed by atoms with Crippen molar-refractivity contribution in [1.29, 1.82) is 0 Å². The molecule has 0 aromatic heterocycles. The molecule has 0 aliphatic carbocycles. The summed E-state index contributed by atoms with van der Waals surface area (Å²) in [5.41, 5.74) is 5.58. The van der Waals surface area contributed by atoms with Crippen LogP contribution in [0, 0.1) is 47.3 Å². The summed E-state index contributed by atoms with van der Waals surface area (Å²) in [5, 5.41) is 34.7. The predicted octanol–water partition coefficient (Wildman–Crippen LogP) is 3.95. The van der Waals surface area contributed by atoms with Crippen molar-refractivity contribution in [1.82, 2.24) is 47.9 Å². The minimum absolute atomic E-state index is 0.0419. The number of aliphatic carboxylic acids is 1. The van der Waals surface area contributed by atoms with E-state index in [-0.39, 0.29) is 98.7 Å². The predicted molar refractivity (Wildman–Crippen MR) is 299 cm³/mol. The second-order valence-electron chi connectivity index (χ2n) is 24.4. The Labute approximate surface area is 461 Å². The van der Waals surface area contributed by atoms with Crippen molar-refractivity contribution < 1.29 is 53.1 Å². The molecular weight excluding hydrogens is 989 g/mol. The minimum atomic E-state index is -1.22. The van der Waals surface area contributed by atoms with Crippen molar-refractivity contribution in [2.24, 2.45) is 53.1 Å². The molecule has 9 atom stereocenters. The number of carbonyl (C=O) groups is 10. The van der Waals surface area contributed by atoms with Crippen molar-refractivity contribution in [3.8, 4) is 0 Å². The third-order valence-electron chi connectivity index (χ3n) is 12.3. The SMILES string of the molecule is CC(=O)N[C@@H](CC(C)C)C(=O)N[C@@H](CC(C)C)C(=O)N[C@@H](CC(C)C)C(=O)N[C@@H](CC(C)C)C(=O)N[C@@H](CC(C)C)C(=O)N[C@@H](CC(C)C)C(=O)N[C@@H](CC(C)C)C(=O)N[C@@H](CC(C)C)C(=O)N[C@@H](CCCCN)C(=O)O. The van der Waals surface area contributed by atoms with Crippen LogP contribution in [-0.4, -0.2) is 125 Å². The van der Waals surface area contributed by atoms with E-state index >= 15 is 0 Å². The highest BCUT2D eigenvalue weighted by Crippen LogP contribution is 2.16. The van der Waals surface area contributed by atoms with Gasteiger partial charge in [-0.1, -0.05) is 111 Å². The summed E-state index contributed by atoms with van der Waals surface area (Å²) < 4.78 is 0. The lowest BCUT2D eigenvalue weighted by molar-refractivity contribution is -0.142. The van der Waals surface area contributed by atoms with Crippen LogP contribution < -0.4 is 53.6 Å². The first-order chi connectivity index (χ1) is 35.7. The summed E-state index contributed by atoms with van der Waals surface area (Å²) in [7, 11) is 0. The van der Waals surface area contributed by atoms with E-state index in [9.17, 15) is 53.1 Å². The molecule has 0 spiro atoms. The first kappa shape index (κ1) is 71.7. The Morgan fingerprint density at radius 2 is 0.468 bits per heavy atom. The van der Waals surface area contributed by atoms with Crippen molar-refractivity contribution in [2.75, 3.05) is 6.54 Å². The lowest BCUT2D eigenvalue weighted by atomic mass is 9.97. The van der Waals surface area contributed by atoms with Gasteiger partial charge in [-0.15, -0.1) is 0 Å². The third kappa shape index (κ3) is 31.0. The summed E-state index contributed by atoms with van der Waals surface area (Å²) in [5.74, 6) is -7.35. The fourth-order valence-electron chi connectivity index (χ4n) is 8.80. The Hall–Kier alpha value is -5.34. The molecule has 0 aromatic rings. The van der Waals surface area contributed by atoms with Gasteiger partial charge in [0.25, 0.3) is 0 Å². The Bertz CT molecular complexity index is 1890. The first-order valence-corrected chi connectivity index (χ1v) is 28.3. The number of amides is 9. The number of unbranched alkanes of at least 4 members (excludes halogenated alkanes) is 1. The molecule has 0 unspecified atom stereocenters. The van der Waals surface area contributed by atoms with Crippen LogP contribution in [0.2, 0.25) is 0 Å². The highest BCUT2D eigenvalue weighted by molar-refractivity contribution is 5.98. The van der Waals surface area contributed by atoms with Crippen LogP contribution in [0.25, 0.3) is 0 Å². The molecule has 21 nitrogen and oxygen atoms in total. The molecule has 0 aliphatic rings. The zero-order chi connectivity index (χ0) is 59.4. The van der Waals surface area contributed by atoms with Gasteiger partial charge in [0.1, 0.15) is 54.4 Å². The molecule has 9 amide bonds. The van der Waals surface area contributed by atoms with E-state index in [1.54, 1.807) is 0 Å². The summed E-state index contributed by atoms with van der Waals surface area (Å²) >= 11 is 0. The van der Waals surface area contributed by atoms with Gasteiger partial charge in [-0.05, 0) is 125 Å². The molecule has 77 heavy (non-hydrogen) atoms. The minimum Gasteiger partial charge on any atom is -0.480 e. The number of carboxylic acids is 1. The molecule has 444 valence electrons. The first-order valence-electron chi connectivity index (χ1n) is 28.3. The second-order valence-corrected chi connectivity index (χ2v) is 24.4. The zero-order valence-corrected chi connectivity index (χ0v) is 49.9. The molecule has 0 rings (SSSR count). The topological polar surface area (TPSA) is 325 Å². The smallest absolute Gasteiger partial charge is 0.326 e. The number of hydrogen-bond acceptors (Lipinski definition) is 11. The van der Waals surface area contributed by atoms with E-state index in [1.165, 1.54) is 6.92 Å². The standard InChI is InChI=1S/C56H104N10O11/c1-30(2)22-40(58-38(17)67)48(68)60-42(24-32(5)6)50(70)62-44(26-34(9)10)52(72)64-46(28-36(13)14)54(74)66-47(29-37(15)16)55(75)65-45(27-35(11)12)53(73)63-43(25-33(7)8)51(71)61-41(23-31(3)4)49(69)59-39(56(76)77)20-18-19-21-57/h30-37,39-47H,18-29,57H2,1-17H3,(H,58,67)(H,59,69)(H,60,68)(H,61,71)(H,62,70)(H,63,73)(H,64,72)(H,65,75)(H,66,74)(H,76,77)/t39-,40-,41-,42-,43-,44-,45-,46-,47-/m0/s1. The number of carbonyl (C=O) groups excluding carboxylic acids is 9. The fourth-order valence-corrected chi connectivity index (χ4v) is 8.80. The van der Waals surface area contributed by atoms with E-state index in [0.717, 1.165) is 0 Å². The van der Waals surface area contributed by atoms with Crippen molar-refractivity contribution in [2.45, 2.75) is 243 Å². The van der Waals surface area contributed by atoms with E-state index in [1.807, 2.05) is 111 Å². The van der Waals surface area contributed by atoms with Gasteiger partial charge in [-0.25, -0.2) is 4.79 Å². The normalized spacial score (nSPS) is 15.2. The van der Waals surface area contributed by atoms with Gasteiger partial charge in [0.05, 0.1) is 0 Å². The van der Waals surface area contributed by atoms with Gasteiger partial charge in [0.2, 0.25) is 53.2 Å². The van der Waals surface area contributed by atoms with Gasteiger partial charge < -0.3 is 58.7 Å². The van der Waals surface area contributed by atoms with E-state index in [0.29, 0.717) is 25.8 Å². The number of rotatable bonds is 38. The number of carboxylic acid groups (broad SMARTS) is 1. The Balaban J connectivity index is 6.75. The lowest BCUT2D eigenvalue weighted by Gasteiger charge is -2.30. The van der Waals surface area contributed by atoms with Crippen LogP contribution in [-0.2, 0) is 47.9 Å². The van der Waals surface area contributed by atoms with E-state index in [2.05, 4.69) is 47.9 Å². The van der Waals surface area contributed by atoms with Crippen LogP contribution in [0.4, 0.5) is 0 Å². The van der Waals surface area contributed by atoms with Crippen molar-refractivity contribution in [3.05, 3.63) is 0 Å². The summed E-state index contributed by atoms with van der Waals surface area (Å²) in [6.07, 6.45) is 2.78. The van der Waals surface area contributed by atoms with Gasteiger partial charge in [0, 0.05) is 6.92 Å². The molecule has 0 saturated heterocycles. The van der Waals surface area contributed by atoms with Crippen LogP contribution in [0.15, 0.2) is 0 Å². The maximum Gasteiger partial charge on any atom is 0.326 e. The van der Waals surface area contributed by atoms with Crippen molar-refractivity contribution in [3.63, 3.8) is 0 Å². The van der Waals surface area contributed by atoms with Gasteiger partial charge in [0.15, 0.2) is 0 Å². The zero-order valence-electron chi connectivity index (χ0n) is 49.9. The lowest BCUT2D eigenvalue weighted by Crippen LogP contribution is -2.61. The fraction of sp³-hybridized carbons (Fsp3) is 0.821. The number of hydrogen-bond donors (Lipinski definition) is 11. The average Bonchev–Trinajstić information content (AvgIpc) is 3.27. The maximum atomic E-state index is 14.4. The Morgan fingerprint density at radius 1 is 0.299 bits per heavy atom. The average molecular weight is 1090 g/mol. The Kier molecular flexibility index (Phi) is 34.2. The van der Waals surface area contributed by atoms with Crippen LogP contribution in [0.3, 0.4) is 0 Å². The maximum absolute atomic E-state index is 14.4.